The van der Waals surface area contributed by atoms with Crippen molar-refractivity contribution in [1.82, 2.24) is 24.8 Å². The zero-order valence-corrected chi connectivity index (χ0v) is 15.5. The summed E-state index contributed by atoms with van der Waals surface area (Å²) in [5, 5.41) is 0. The van der Waals surface area contributed by atoms with Crippen LogP contribution in [-0.4, -0.2) is 69.1 Å². The van der Waals surface area contributed by atoms with Gasteiger partial charge < -0.3 is 15.5 Å². The number of nitrogens with zero attached hydrogens (tertiary/aromatic N) is 7. The molecule has 2 N–H and O–H groups in total. The number of anilines is 3. The molecule has 8 heteroatoms. The summed E-state index contributed by atoms with van der Waals surface area (Å²) in [6.45, 7) is 6.64. The number of hydrogen-bond donors (Lipinski definition) is 1. The van der Waals surface area contributed by atoms with E-state index in [2.05, 4.69) is 37.7 Å². The minimum absolute atomic E-state index is 0.285. The van der Waals surface area contributed by atoms with E-state index >= 15 is 0 Å². The Labute approximate surface area is 158 Å². The van der Waals surface area contributed by atoms with Crippen molar-refractivity contribution in [2.24, 2.45) is 5.92 Å². The third kappa shape index (κ3) is 2.25. The molecule has 7 rings (SSSR count). The molecule has 2 aromatic heterocycles. The molecule has 1 aliphatic carbocycles. The van der Waals surface area contributed by atoms with Crippen LogP contribution in [0.15, 0.2) is 18.5 Å². The molecule has 140 valence electrons. The maximum absolute atomic E-state index is 5.66. The standard InChI is InChI=1S/C19H24N8/c1-2-25-9-16-15(25)10-27(16)17-5-14(12-6-21-18(20)22-7-12)23-19(24-17)26-8-11-3-13(26)4-11/h5-7,11,13,15-16H,2-4,8-10H2,1H3,(H2,20,21,22)/t11?,13?,15-,16?/m1/s1. The molecule has 0 amide bonds. The number of likely N-dealkylation sites (tertiary alicyclic amines) is 1. The fourth-order valence-corrected chi connectivity index (χ4v) is 5.06. The van der Waals surface area contributed by atoms with Gasteiger partial charge in [-0.25, -0.2) is 15.0 Å². The molecular formula is C19H24N8. The van der Waals surface area contributed by atoms with Gasteiger partial charge in [0, 0.05) is 55.7 Å². The second kappa shape index (κ2) is 5.51. The van der Waals surface area contributed by atoms with Gasteiger partial charge in [-0.2, -0.15) is 4.98 Å². The molecule has 5 fully saturated rings. The topological polar surface area (TPSA) is 87.3 Å². The van der Waals surface area contributed by atoms with Gasteiger partial charge in [0.1, 0.15) is 5.82 Å². The molecule has 0 radical (unpaired) electrons. The average Bonchev–Trinajstić information content (AvgIpc) is 3.25. The number of nitrogen functional groups attached to an aromatic ring is 1. The minimum Gasteiger partial charge on any atom is -0.368 e. The number of likely N-dealkylation sites (N-methyl/N-ethyl adjacent to an activating group) is 1. The summed E-state index contributed by atoms with van der Waals surface area (Å²) >= 11 is 0. The molecule has 0 aromatic carbocycles. The fourth-order valence-electron chi connectivity index (χ4n) is 5.06. The van der Waals surface area contributed by atoms with Crippen LogP contribution in [0.2, 0.25) is 0 Å². The van der Waals surface area contributed by atoms with Gasteiger partial charge >= 0.3 is 0 Å². The van der Waals surface area contributed by atoms with E-state index in [0.717, 1.165) is 55.1 Å². The van der Waals surface area contributed by atoms with E-state index in [9.17, 15) is 0 Å². The Morgan fingerprint density at radius 2 is 1.85 bits per heavy atom. The lowest BCUT2D eigenvalue weighted by atomic mass is 9.85. The summed E-state index contributed by atoms with van der Waals surface area (Å²) in [6.07, 6.45) is 6.08. The maximum atomic E-state index is 5.66. The smallest absolute Gasteiger partial charge is 0.228 e. The first-order valence-electron chi connectivity index (χ1n) is 9.94. The van der Waals surface area contributed by atoms with Crippen molar-refractivity contribution in [1.29, 1.82) is 0 Å². The van der Waals surface area contributed by atoms with Crippen LogP contribution in [0.3, 0.4) is 0 Å². The van der Waals surface area contributed by atoms with E-state index in [1.165, 1.54) is 12.8 Å². The van der Waals surface area contributed by atoms with Crippen LogP contribution < -0.4 is 15.5 Å². The van der Waals surface area contributed by atoms with E-state index in [1.807, 2.05) is 0 Å². The molecule has 2 aromatic rings. The van der Waals surface area contributed by atoms with Crippen LogP contribution in [-0.2, 0) is 0 Å². The Hall–Kier alpha value is -2.48. The number of nitrogens with two attached hydrogens (primary N) is 1. The van der Waals surface area contributed by atoms with E-state index in [0.29, 0.717) is 18.1 Å². The lowest BCUT2D eigenvalue weighted by Crippen LogP contribution is -2.79. The Kier molecular flexibility index (Phi) is 3.18. The minimum atomic E-state index is 0.285. The van der Waals surface area contributed by atoms with Gasteiger partial charge in [0.25, 0.3) is 0 Å². The molecule has 27 heavy (non-hydrogen) atoms. The third-order valence-corrected chi connectivity index (χ3v) is 6.85. The number of hydrogen-bond acceptors (Lipinski definition) is 8. The summed E-state index contributed by atoms with van der Waals surface area (Å²) < 4.78 is 0. The highest BCUT2D eigenvalue weighted by molar-refractivity contribution is 5.66. The highest BCUT2D eigenvalue weighted by atomic mass is 15.4. The average molecular weight is 364 g/mol. The zero-order chi connectivity index (χ0) is 18.1. The Bertz CT molecular complexity index is 878. The van der Waals surface area contributed by atoms with Crippen molar-refractivity contribution >= 4 is 17.7 Å². The molecular weight excluding hydrogens is 340 g/mol. The first-order chi connectivity index (χ1) is 13.2. The van der Waals surface area contributed by atoms with Crippen LogP contribution in [0.1, 0.15) is 19.8 Å². The third-order valence-electron chi connectivity index (χ3n) is 6.85. The van der Waals surface area contributed by atoms with Gasteiger partial charge in [-0.1, -0.05) is 6.92 Å². The summed E-state index contributed by atoms with van der Waals surface area (Å²) in [4.78, 5) is 25.5. The molecule has 2 bridgehead atoms. The summed E-state index contributed by atoms with van der Waals surface area (Å²) in [6, 6.07) is 3.99. The predicted molar refractivity (Wildman–Crippen MR) is 103 cm³/mol. The second-order valence-electron chi connectivity index (χ2n) is 8.26. The van der Waals surface area contributed by atoms with Gasteiger partial charge in [-0.15, -0.1) is 0 Å². The molecule has 4 saturated heterocycles. The van der Waals surface area contributed by atoms with Gasteiger partial charge in [0.15, 0.2) is 0 Å². The van der Waals surface area contributed by atoms with E-state index in [4.69, 9.17) is 15.7 Å². The van der Waals surface area contributed by atoms with Gasteiger partial charge in [0.2, 0.25) is 11.9 Å². The monoisotopic (exact) mass is 364 g/mol. The van der Waals surface area contributed by atoms with Crippen LogP contribution in [0.25, 0.3) is 11.3 Å². The number of aromatic nitrogens is 4. The van der Waals surface area contributed by atoms with Crippen molar-refractivity contribution in [2.75, 3.05) is 41.7 Å². The number of piperazine rings is 1. The van der Waals surface area contributed by atoms with Crippen molar-refractivity contribution in [3.63, 3.8) is 0 Å². The quantitative estimate of drug-likeness (QED) is 0.860. The van der Waals surface area contributed by atoms with E-state index in [1.54, 1.807) is 12.4 Å². The predicted octanol–water partition coefficient (Wildman–Crippen LogP) is 1.01. The van der Waals surface area contributed by atoms with Crippen molar-refractivity contribution < 1.29 is 0 Å². The van der Waals surface area contributed by atoms with Gasteiger partial charge in [-0.3, -0.25) is 4.90 Å². The van der Waals surface area contributed by atoms with Crippen molar-refractivity contribution in [3.05, 3.63) is 18.5 Å². The normalized spacial score (nSPS) is 31.1. The van der Waals surface area contributed by atoms with E-state index in [-0.39, 0.29) is 5.95 Å². The largest absolute Gasteiger partial charge is 0.368 e. The first kappa shape index (κ1) is 15.6. The maximum Gasteiger partial charge on any atom is 0.228 e. The zero-order valence-electron chi connectivity index (χ0n) is 15.5. The summed E-state index contributed by atoms with van der Waals surface area (Å²) in [7, 11) is 0. The van der Waals surface area contributed by atoms with Crippen molar-refractivity contribution in [3.8, 4) is 11.3 Å². The van der Waals surface area contributed by atoms with Crippen molar-refractivity contribution in [2.45, 2.75) is 37.9 Å². The highest BCUT2D eigenvalue weighted by Crippen LogP contribution is 2.43. The van der Waals surface area contributed by atoms with E-state index < -0.39 is 0 Å². The fraction of sp³-hybridized carbons (Fsp3) is 0.579. The lowest BCUT2D eigenvalue weighted by Gasteiger charge is -2.62. The molecule has 1 saturated carbocycles. The Morgan fingerprint density at radius 3 is 2.48 bits per heavy atom. The Balaban J connectivity index is 1.36. The van der Waals surface area contributed by atoms with Crippen LogP contribution >= 0.6 is 0 Å². The molecule has 6 heterocycles. The lowest BCUT2D eigenvalue weighted by molar-refractivity contribution is 0.0158. The van der Waals surface area contributed by atoms with Crippen LogP contribution in [0, 0.1) is 5.92 Å². The number of rotatable bonds is 4. The molecule has 5 aliphatic rings. The molecule has 4 aliphatic heterocycles. The summed E-state index contributed by atoms with van der Waals surface area (Å²) in [5.74, 6) is 3.00. The van der Waals surface area contributed by atoms with Crippen LogP contribution in [0.5, 0.6) is 0 Å². The first-order valence-corrected chi connectivity index (χ1v) is 9.94. The molecule has 1 unspecified atom stereocenters. The molecule has 2 atom stereocenters. The van der Waals surface area contributed by atoms with Gasteiger partial charge in [0.05, 0.1) is 11.7 Å². The second-order valence-corrected chi connectivity index (χ2v) is 8.26. The number of fused-ring (bicyclic) bond motifs is 2. The molecule has 8 nitrogen and oxygen atoms in total. The van der Waals surface area contributed by atoms with Gasteiger partial charge in [-0.05, 0) is 25.3 Å². The highest BCUT2D eigenvalue weighted by Gasteiger charge is 2.51. The molecule has 0 spiro atoms. The SMILES string of the molecule is CCN1CC2[C@H]1CN2c1cc(-c2cnc(N)nc2)nc(N2CC3CC2C3)n1. The Morgan fingerprint density at radius 1 is 1.04 bits per heavy atom. The van der Waals surface area contributed by atoms with Crippen LogP contribution in [0.4, 0.5) is 17.7 Å². The summed E-state index contributed by atoms with van der Waals surface area (Å²) in [5.41, 5.74) is 7.43.